The van der Waals surface area contributed by atoms with Crippen molar-refractivity contribution in [1.82, 2.24) is 5.32 Å². The first kappa shape index (κ1) is 15.3. The molecule has 0 spiro atoms. The average Bonchev–Trinajstić information content (AvgIpc) is 2.86. The van der Waals surface area contributed by atoms with Crippen LogP contribution in [0.15, 0.2) is 21.1 Å². The van der Waals surface area contributed by atoms with Gasteiger partial charge in [0, 0.05) is 29.7 Å². The number of benzene rings is 1. The maximum Gasteiger partial charge on any atom is 0.138 e. The summed E-state index contributed by atoms with van der Waals surface area (Å²) in [7, 11) is 0. The third-order valence-electron chi connectivity index (χ3n) is 3.09. The van der Waals surface area contributed by atoms with Crippen LogP contribution < -0.4 is 10.1 Å². The van der Waals surface area contributed by atoms with Crippen molar-refractivity contribution in [1.29, 1.82) is 0 Å². The van der Waals surface area contributed by atoms with E-state index in [9.17, 15) is 0 Å². The first-order valence-electron chi connectivity index (χ1n) is 6.63. The van der Waals surface area contributed by atoms with Crippen molar-refractivity contribution in [2.75, 3.05) is 19.8 Å². The van der Waals surface area contributed by atoms with Crippen LogP contribution in [0.2, 0.25) is 0 Å². The lowest BCUT2D eigenvalue weighted by molar-refractivity contribution is 0.110. The second-order valence-corrected chi connectivity index (χ2v) is 6.34. The molecule has 19 heavy (non-hydrogen) atoms. The summed E-state index contributed by atoms with van der Waals surface area (Å²) in [5.41, 5.74) is 1.15. The molecule has 0 saturated carbocycles. The summed E-state index contributed by atoms with van der Waals surface area (Å²) in [6.07, 6.45) is 2.71. The lowest BCUT2D eigenvalue weighted by Crippen LogP contribution is -2.26. The quantitative estimate of drug-likeness (QED) is 0.796. The molecule has 1 aliphatic heterocycles. The molecule has 0 aliphatic carbocycles. The largest absolute Gasteiger partial charge is 0.492 e. The first-order valence-corrected chi connectivity index (χ1v) is 8.22. The molecular weight excluding hydrogens is 374 g/mol. The van der Waals surface area contributed by atoms with Gasteiger partial charge in [-0.15, -0.1) is 0 Å². The Morgan fingerprint density at radius 3 is 2.95 bits per heavy atom. The number of nitrogens with one attached hydrogen (secondary N) is 1. The van der Waals surface area contributed by atoms with E-state index >= 15 is 0 Å². The summed E-state index contributed by atoms with van der Waals surface area (Å²) in [6, 6.07) is 4.10. The van der Waals surface area contributed by atoms with Crippen molar-refractivity contribution in [3.8, 4) is 5.75 Å². The van der Waals surface area contributed by atoms with E-state index < -0.39 is 0 Å². The van der Waals surface area contributed by atoms with Crippen LogP contribution in [-0.4, -0.2) is 25.9 Å². The van der Waals surface area contributed by atoms with Crippen LogP contribution in [0.3, 0.4) is 0 Å². The number of hydrogen-bond donors (Lipinski definition) is 1. The normalized spacial score (nSPS) is 18.8. The van der Waals surface area contributed by atoms with E-state index in [1.54, 1.807) is 0 Å². The highest BCUT2D eigenvalue weighted by Crippen LogP contribution is 2.33. The highest BCUT2D eigenvalue weighted by Gasteiger charge is 2.15. The minimum Gasteiger partial charge on any atom is -0.492 e. The molecule has 1 saturated heterocycles. The molecule has 2 rings (SSSR count). The van der Waals surface area contributed by atoms with Gasteiger partial charge in [0.05, 0.1) is 17.2 Å². The maximum atomic E-state index is 5.71. The fraction of sp³-hybridized carbons (Fsp3) is 0.571. The van der Waals surface area contributed by atoms with Crippen molar-refractivity contribution in [3.05, 3.63) is 26.6 Å². The zero-order valence-corrected chi connectivity index (χ0v) is 14.2. The van der Waals surface area contributed by atoms with E-state index in [2.05, 4.69) is 43.2 Å². The molecule has 5 heteroatoms. The zero-order chi connectivity index (χ0) is 13.7. The minimum atomic E-state index is 0.367. The standard InChI is InChI=1S/C14H19Br2NO2/c1-2-18-14-10(6-11(15)7-13(14)16)8-17-9-12-4-3-5-19-12/h6-7,12,17H,2-5,8-9H2,1H3/t12-/m1/s1. The van der Waals surface area contributed by atoms with E-state index in [1.807, 2.05) is 13.0 Å². The zero-order valence-electron chi connectivity index (χ0n) is 11.0. The Labute approximate surface area is 131 Å². The number of hydrogen-bond acceptors (Lipinski definition) is 3. The molecule has 0 aromatic heterocycles. The number of ether oxygens (including phenoxy) is 2. The SMILES string of the molecule is CCOc1c(Br)cc(Br)cc1CNC[C@H]1CCCO1. The second-order valence-electron chi connectivity index (χ2n) is 4.57. The van der Waals surface area contributed by atoms with Gasteiger partial charge < -0.3 is 14.8 Å². The minimum absolute atomic E-state index is 0.367. The van der Waals surface area contributed by atoms with Crippen LogP contribution in [-0.2, 0) is 11.3 Å². The second kappa shape index (κ2) is 7.62. The van der Waals surface area contributed by atoms with E-state index in [4.69, 9.17) is 9.47 Å². The molecule has 0 amide bonds. The summed E-state index contributed by atoms with van der Waals surface area (Å²) < 4.78 is 13.3. The van der Waals surface area contributed by atoms with E-state index in [0.717, 1.165) is 46.4 Å². The van der Waals surface area contributed by atoms with Gasteiger partial charge in [0.25, 0.3) is 0 Å². The first-order chi connectivity index (χ1) is 9.20. The Balaban J connectivity index is 1.97. The number of halogens is 2. The fourth-order valence-corrected chi connectivity index (χ4v) is 3.65. The Kier molecular flexibility index (Phi) is 6.13. The fourth-order valence-electron chi connectivity index (χ4n) is 2.22. The van der Waals surface area contributed by atoms with Gasteiger partial charge in [-0.05, 0) is 47.8 Å². The molecule has 106 valence electrons. The lowest BCUT2D eigenvalue weighted by Gasteiger charge is -2.15. The molecule has 0 unspecified atom stereocenters. The highest BCUT2D eigenvalue weighted by atomic mass is 79.9. The van der Waals surface area contributed by atoms with Crippen LogP contribution in [0.4, 0.5) is 0 Å². The summed E-state index contributed by atoms with van der Waals surface area (Å²) in [5, 5.41) is 3.45. The van der Waals surface area contributed by atoms with Gasteiger partial charge in [0.2, 0.25) is 0 Å². The van der Waals surface area contributed by atoms with Crippen LogP contribution in [0, 0.1) is 0 Å². The molecule has 1 fully saturated rings. The molecule has 1 aromatic carbocycles. The Hall–Kier alpha value is -0.100. The molecule has 1 aromatic rings. The van der Waals surface area contributed by atoms with Gasteiger partial charge >= 0.3 is 0 Å². The lowest BCUT2D eigenvalue weighted by atomic mass is 10.2. The number of rotatable bonds is 6. The maximum absolute atomic E-state index is 5.71. The third kappa shape index (κ3) is 4.45. The van der Waals surface area contributed by atoms with Crippen molar-refractivity contribution in [2.45, 2.75) is 32.4 Å². The Morgan fingerprint density at radius 2 is 2.26 bits per heavy atom. The van der Waals surface area contributed by atoms with Crippen molar-refractivity contribution < 1.29 is 9.47 Å². The molecule has 1 aliphatic rings. The molecule has 1 N–H and O–H groups in total. The van der Waals surface area contributed by atoms with Crippen molar-refractivity contribution >= 4 is 31.9 Å². The monoisotopic (exact) mass is 391 g/mol. The molecule has 1 heterocycles. The van der Waals surface area contributed by atoms with E-state index in [1.165, 1.54) is 6.42 Å². The summed E-state index contributed by atoms with van der Waals surface area (Å²) in [4.78, 5) is 0. The van der Waals surface area contributed by atoms with Crippen LogP contribution in [0.1, 0.15) is 25.3 Å². The molecule has 0 bridgehead atoms. The molecule has 3 nitrogen and oxygen atoms in total. The van der Waals surface area contributed by atoms with Gasteiger partial charge in [0.15, 0.2) is 0 Å². The Morgan fingerprint density at radius 1 is 1.42 bits per heavy atom. The molecule has 1 atom stereocenters. The average molecular weight is 393 g/mol. The topological polar surface area (TPSA) is 30.5 Å². The summed E-state index contributed by atoms with van der Waals surface area (Å²) >= 11 is 7.07. The van der Waals surface area contributed by atoms with Crippen LogP contribution in [0.5, 0.6) is 5.75 Å². The van der Waals surface area contributed by atoms with Gasteiger partial charge in [0.1, 0.15) is 5.75 Å². The molecule has 0 radical (unpaired) electrons. The Bertz CT molecular complexity index is 420. The van der Waals surface area contributed by atoms with Gasteiger partial charge in [-0.3, -0.25) is 0 Å². The van der Waals surface area contributed by atoms with E-state index in [0.29, 0.717) is 12.7 Å². The predicted octanol–water partition coefficient (Wildman–Crippen LogP) is 3.88. The third-order valence-corrected chi connectivity index (χ3v) is 4.13. The summed E-state index contributed by atoms with van der Waals surface area (Å²) in [6.45, 7) is 5.25. The van der Waals surface area contributed by atoms with Crippen LogP contribution in [0.25, 0.3) is 0 Å². The van der Waals surface area contributed by atoms with Gasteiger partial charge in [-0.2, -0.15) is 0 Å². The van der Waals surface area contributed by atoms with E-state index in [-0.39, 0.29) is 0 Å². The van der Waals surface area contributed by atoms with Crippen molar-refractivity contribution in [2.24, 2.45) is 0 Å². The summed E-state index contributed by atoms with van der Waals surface area (Å²) in [5.74, 6) is 0.922. The smallest absolute Gasteiger partial charge is 0.138 e. The van der Waals surface area contributed by atoms with Crippen LogP contribution >= 0.6 is 31.9 Å². The van der Waals surface area contributed by atoms with Gasteiger partial charge in [-0.25, -0.2) is 0 Å². The highest BCUT2D eigenvalue weighted by molar-refractivity contribution is 9.11. The van der Waals surface area contributed by atoms with Crippen molar-refractivity contribution in [3.63, 3.8) is 0 Å². The predicted molar refractivity (Wildman–Crippen MR) is 83.7 cm³/mol. The molecular formula is C14H19Br2NO2. The van der Waals surface area contributed by atoms with Gasteiger partial charge in [-0.1, -0.05) is 15.9 Å².